The van der Waals surface area contributed by atoms with Crippen molar-refractivity contribution in [1.82, 2.24) is 23.7 Å². The zero-order valence-electron chi connectivity index (χ0n) is 30.6. The zero-order chi connectivity index (χ0) is 39.4. The summed E-state index contributed by atoms with van der Waals surface area (Å²) in [6.07, 6.45) is 9.59. The number of aromatic nitrogens is 5. The Bertz CT molecular complexity index is 2020. The highest BCUT2D eigenvalue weighted by atomic mass is 16.6. The van der Waals surface area contributed by atoms with Crippen LogP contribution in [-0.2, 0) is 25.5 Å². The molecule has 0 amide bonds. The molecule has 4 aliphatic heterocycles. The third kappa shape index (κ3) is 8.70. The van der Waals surface area contributed by atoms with Gasteiger partial charge < -0.3 is 38.7 Å². The van der Waals surface area contributed by atoms with Crippen LogP contribution in [0.4, 0.5) is 17.2 Å². The Balaban J connectivity index is 0.000000141. The number of pyridine rings is 1. The van der Waals surface area contributed by atoms with E-state index in [2.05, 4.69) is 15.4 Å². The van der Waals surface area contributed by atoms with Gasteiger partial charge in [0.15, 0.2) is 5.82 Å². The molecule has 4 aromatic rings. The highest BCUT2D eigenvalue weighted by Crippen LogP contribution is 2.37. The van der Waals surface area contributed by atoms with Gasteiger partial charge in [-0.1, -0.05) is 20.8 Å². The van der Waals surface area contributed by atoms with Gasteiger partial charge in [0.25, 0.3) is 11.4 Å². The molecule has 0 bridgehead atoms. The Hall–Kier alpha value is -4.83. The summed E-state index contributed by atoms with van der Waals surface area (Å²) < 4.78 is 22.1. The number of nitrogens with zero attached hydrogens (tertiary/aromatic N) is 7. The minimum atomic E-state index is -0.432. The number of rotatable bonds is 8. The Morgan fingerprint density at radius 2 is 1.42 bits per heavy atom. The smallest absolute Gasteiger partial charge is 0.351 e. The molecule has 4 N–H and O–H groups in total. The van der Waals surface area contributed by atoms with Gasteiger partial charge in [0.2, 0.25) is 0 Å². The molecule has 0 aliphatic carbocycles. The van der Waals surface area contributed by atoms with E-state index in [1.165, 1.54) is 29.1 Å². The van der Waals surface area contributed by atoms with Crippen molar-refractivity contribution in [2.24, 2.45) is 17.8 Å². The first-order valence-corrected chi connectivity index (χ1v) is 18.1. The summed E-state index contributed by atoms with van der Waals surface area (Å²) >= 11 is 0. The second-order valence-electron chi connectivity index (χ2n) is 14.2. The first-order valence-electron chi connectivity index (χ1n) is 18.1. The van der Waals surface area contributed by atoms with Crippen molar-refractivity contribution in [3.05, 3.63) is 85.5 Å². The van der Waals surface area contributed by atoms with E-state index in [9.17, 15) is 35.2 Å². The Morgan fingerprint density at radius 3 is 1.98 bits per heavy atom. The van der Waals surface area contributed by atoms with Crippen LogP contribution in [0.15, 0.2) is 54.0 Å². The van der Waals surface area contributed by atoms with Crippen LogP contribution in [-0.4, -0.2) is 93.6 Å². The summed E-state index contributed by atoms with van der Waals surface area (Å²) in [6.45, 7) is 6.51. The molecule has 8 rings (SSSR count). The molecule has 0 spiro atoms. The molecule has 20 heteroatoms. The van der Waals surface area contributed by atoms with Gasteiger partial charge in [-0.05, 0) is 43.1 Å². The Morgan fingerprint density at radius 1 is 0.818 bits per heavy atom. The molecule has 0 aromatic carbocycles. The lowest BCUT2D eigenvalue weighted by Crippen LogP contribution is -2.31. The number of aliphatic hydroxyl groups excluding tert-OH is 3. The van der Waals surface area contributed by atoms with Crippen LogP contribution in [0.2, 0.25) is 0 Å². The van der Waals surface area contributed by atoms with E-state index in [0.717, 1.165) is 18.4 Å². The molecule has 0 radical (unpaired) electrons. The van der Waals surface area contributed by atoms with E-state index in [4.69, 9.17) is 24.2 Å². The quantitative estimate of drug-likeness (QED) is 0.148. The topological polar surface area (TPSA) is 254 Å². The molecule has 20 nitrogen and oxygen atoms in total. The maximum Gasteiger partial charge on any atom is 0.351 e. The second kappa shape index (κ2) is 17.3. The first kappa shape index (κ1) is 39.9. The third-order valence-electron chi connectivity index (χ3n) is 10.5. The summed E-state index contributed by atoms with van der Waals surface area (Å²) in [7, 11) is 0. The van der Waals surface area contributed by atoms with Gasteiger partial charge in [-0.3, -0.25) is 29.6 Å². The molecule has 3 fully saturated rings. The fourth-order valence-corrected chi connectivity index (χ4v) is 7.19. The highest BCUT2D eigenvalue weighted by Gasteiger charge is 2.36. The molecule has 9 atom stereocenters. The van der Waals surface area contributed by atoms with E-state index in [1.54, 1.807) is 33.8 Å². The van der Waals surface area contributed by atoms with Crippen LogP contribution in [0.25, 0.3) is 11.0 Å². The van der Waals surface area contributed by atoms with E-state index in [-0.39, 0.29) is 91.6 Å². The summed E-state index contributed by atoms with van der Waals surface area (Å²) in [5, 5.41) is 49.5. The number of nitro groups is 2. The van der Waals surface area contributed by atoms with Crippen LogP contribution in [0.3, 0.4) is 0 Å². The third-order valence-corrected chi connectivity index (χ3v) is 10.5. The van der Waals surface area contributed by atoms with E-state index in [0.29, 0.717) is 36.3 Å². The molecule has 298 valence electrons. The number of anilines is 1. The molecule has 3 saturated heterocycles. The van der Waals surface area contributed by atoms with E-state index >= 15 is 0 Å². The maximum atomic E-state index is 12.0. The van der Waals surface area contributed by atoms with Crippen molar-refractivity contribution >= 4 is 28.2 Å². The molecular formula is C35H46N8O12. The van der Waals surface area contributed by atoms with Crippen molar-refractivity contribution in [2.45, 2.75) is 83.5 Å². The molecule has 4 aliphatic rings. The summed E-state index contributed by atoms with van der Waals surface area (Å²) in [6, 6.07) is 4.52. The zero-order valence-corrected chi connectivity index (χ0v) is 30.6. The molecule has 55 heavy (non-hydrogen) atoms. The van der Waals surface area contributed by atoms with Crippen LogP contribution >= 0.6 is 0 Å². The van der Waals surface area contributed by atoms with E-state index in [1.807, 2.05) is 20.8 Å². The fourth-order valence-electron chi connectivity index (χ4n) is 7.19. The summed E-state index contributed by atoms with van der Waals surface area (Å²) in [5.41, 5.74) is 3.85. The predicted octanol–water partition coefficient (Wildman–Crippen LogP) is 3.23. The van der Waals surface area contributed by atoms with Gasteiger partial charge in [0, 0.05) is 48.9 Å². The average molecular weight is 771 g/mol. The van der Waals surface area contributed by atoms with Crippen molar-refractivity contribution in [3.8, 4) is 0 Å². The van der Waals surface area contributed by atoms with Crippen molar-refractivity contribution in [2.75, 3.05) is 31.9 Å². The number of hydrogen-bond acceptors (Lipinski definition) is 15. The highest BCUT2D eigenvalue weighted by molar-refractivity contribution is 5.85. The molecule has 0 saturated carbocycles. The SMILES string of the molecule is C[C@@H]1C[C@H](n2cc3c(nc2=O)NOCC3)O[C@@H]1CO.C[C@@H]1C[C@H](n2ccc([N+](=O)[O-])c2)O[C@@H]1CO.C[C@@H]1C[C@H](n2ccc3c([N+](=O)[O-])ccnc32)O[C@@H]1CO. The van der Waals surface area contributed by atoms with Crippen LogP contribution in [0.5, 0.6) is 0 Å². The number of fused-ring (bicyclic) bond motifs is 2. The number of aliphatic hydroxyl groups is 3. The van der Waals surface area contributed by atoms with Crippen molar-refractivity contribution in [1.29, 1.82) is 0 Å². The lowest BCUT2D eigenvalue weighted by molar-refractivity contribution is -0.384. The lowest BCUT2D eigenvalue weighted by Gasteiger charge is -2.20. The minimum absolute atomic E-state index is 0.0129. The molecular weight excluding hydrogens is 724 g/mol. The van der Waals surface area contributed by atoms with Crippen LogP contribution in [0.1, 0.15) is 64.3 Å². The predicted molar refractivity (Wildman–Crippen MR) is 194 cm³/mol. The van der Waals surface area contributed by atoms with Gasteiger partial charge in [-0.25, -0.2) is 15.3 Å². The van der Waals surface area contributed by atoms with Gasteiger partial charge >= 0.3 is 5.69 Å². The van der Waals surface area contributed by atoms with E-state index < -0.39 is 9.85 Å². The summed E-state index contributed by atoms with van der Waals surface area (Å²) in [4.78, 5) is 45.9. The molecule has 0 unspecified atom stereocenters. The summed E-state index contributed by atoms with van der Waals surface area (Å²) in [5.74, 6) is 1.20. The lowest BCUT2D eigenvalue weighted by atomic mass is 10.0. The maximum absolute atomic E-state index is 12.0. The average Bonchev–Trinajstić information content (AvgIpc) is 4.02. The van der Waals surface area contributed by atoms with Gasteiger partial charge in [-0.15, -0.1) is 0 Å². The van der Waals surface area contributed by atoms with Gasteiger partial charge in [0.1, 0.15) is 24.3 Å². The molecule has 8 heterocycles. The standard InChI is InChI=1S/C13H15N3O4.C12H17N3O4.C10H14N2O4/c1-8-6-12(20-11(8)7-17)15-5-3-9-10(16(18)19)2-4-14-13(9)15;1-7-4-10(19-9(7)6-16)15-5-8-2-3-18-14-11(8)13-12(15)17;1-7-4-10(16-9(7)6-13)11-3-2-8(5-11)12(14)15/h2-5,8,11-12,17H,6-7H2,1H3;5,7,9-10,16H,2-4,6H2,1H3,(H,13,14,17);2-3,5,7,9-10,13H,4,6H2,1H3/t8-,11-,12-;2*7-,9-,10-/m111/s1. The number of ether oxygens (including phenoxy) is 3. The van der Waals surface area contributed by atoms with Crippen LogP contribution < -0.4 is 11.2 Å². The number of hydrogen-bond donors (Lipinski definition) is 4. The van der Waals surface area contributed by atoms with Gasteiger partial charge in [0.05, 0.1) is 66.2 Å². The number of nitrogens with one attached hydrogen (secondary N) is 1. The molecule has 4 aromatic heterocycles. The largest absolute Gasteiger partial charge is 0.394 e. The monoisotopic (exact) mass is 770 g/mol. The Kier molecular flexibility index (Phi) is 12.5. The fraction of sp³-hybridized carbons (Fsp3) is 0.571. The second-order valence-corrected chi connectivity index (χ2v) is 14.2. The normalized spacial score (nSPS) is 28.4. The minimum Gasteiger partial charge on any atom is -0.394 e. The van der Waals surface area contributed by atoms with Crippen molar-refractivity contribution in [3.63, 3.8) is 0 Å². The van der Waals surface area contributed by atoms with Crippen LogP contribution in [0, 0.1) is 38.0 Å². The van der Waals surface area contributed by atoms with Gasteiger partial charge in [-0.2, -0.15) is 4.98 Å². The van der Waals surface area contributed by atoms with Crippen molar-refractivity contribution < 1.29 is 44.2 Å². The first-order chi connectivity index (χ1) is 26.4. The Labute approximate surface area is 314 Å².